The van der Waals surface area contributed by atoms with E-state index in [0.29, 0.717) is 54.4 Å². The SMILES string of the molecule is CCCC1N(C(=O)c2cnccc2C(F)(F)F)CCCC1(Oc1csc(C(F)(F)F)c1)C(=O)N1CCC(C#N)(c2ccccc2OCCC2(C(=O)O)CCC2)CC1. The second-order valence-electron chi connectivity index (χ2n) is 15.0. The number of hydrogen-bond acceptors (Lipinski definition) is 8. The van der Waals surface area contributed by atoms with Crippen LogP contribution in [0.15, 0.2) is 54.2 Å². The van der Waals surface area contributed by atoms with E-state index in [1.165, 1.54) is 4.90 Å². The topological polar surface area (TPSA) is 133 Å². The van der Waals surface area contributed by atoms with E-state index >= 15 is 4.79 Å². The fourth-order valence-electron chi connectivity index (χ4n) is 8.42. The van der Waals surface area contributed by atoms with Crippen LogP contribution in [-0.2, 0) is 27.4 Å². The molecule has 1 N–H and O–H groups in total. The Balaban J connectivity index is 1.31. The van der Waals surface area contributed by atoms with Gasteiger partial charge in [0.25, 0.3) is 11.8 Å². The largest absolute Gasteiger partial charge is 0.493 e. The van der Waals surface area contributed by atoms with Crippen molar-refractivity contribution in [2.75, 3.05) is 26.2 Å². The maximum Gasteiger partial charge on any atom is 0.425 e. The minimum Gasteiger partial charge on any atom is -0.493 e. The lowest BCUT2D eigenvalue weighted by atomic mass is 9.67. The first-order valence-corrected chi connectivity index (χ1v) is 19.7. The van der Waals surface area contributed by atoms with Crippen molar-refractivity contribution in [2.45, 2.75) is 101 Å². The number of pyridine rings is 1. The first-order valence-electron chi connectivity index (χ1n) is 18.8. The number of alkyl halides is 6. The molecule has 3 fully saturated rings. The normalized spacial score (nSPS) is 21.9. The van der Waals surface area contributed by atoms with Crippen molar-refractivity contribution in [3.05, 3.63) is 75.7 Å². The molecule has 1 saturated carbocycles. The highest BCUT2D eigenvalue weighted by Crippen LogP contribution is 2.47. The Morgan fingerprint density at radius 2 is 1.72 bits per heavy atom. The van der Waals surface area contributed by atoms with Gasteiger partial charge in [0, 0.05) is 55.5 Å². The number of thiophene rings is 1. The second kappa shape index (κ2) is 16.2. The van der Waals surface area contributed by atoms with Crippen molar-refractivity contribution in [3.63, 3.8) is 0 Å². The minimum atomic E-state index is -4.90. The van der Waals surface area contributed by atoms with Crippen LogP contribution in [0.1, 0.15) is 97.5 Å². The van der Waals surface area contributed by atoms with Gasteiger partial charge in [-0.25, -0.2) is 0 Å². The number of halogens is 6. The maximum absolute atomic E-state index is 15.0. The molecule has 4 heterocycles. The van der Waals surface area contributed by atoms with Crippen LogP contribution in [0.2, 0.25) is 0 Å². The predicted octanol–water partition coefficient (Wildman–Crippen LogP) is 8.51. The van der Waals surface area contributed by atoms with Crippen molar-refractivity contribution in [1.82, 2.24) is 14.8 Å². The molecule has 2 atom stereocenters. The average Bonchev–Trinajstić information content (AvgIpc) is 3.65. The van der Waals surface area contributed by atoms with E-state index in [1.54, 1.807) is 31.2 Å². The number of ether oxygens (including phenoxy) is 2. The minimum absolute atomic E-state index is 0.000973. The van der Waals surface area contributed by atoms with Crippen LogP contribution in [-0.4, -0.2) is 75.6 Å². The van der Waals surface area contributed by atoms with Crippen molar-refractivity contribution in [2.24, 2.45) is 5.41 Å². The zero-order valence-corrected chi connectivity index (χ0v) is 31.9. The number of likely N-dealkylation sites (tertiary alicyclic amines) is 2. The van der Waals surface area contributed by atoms with Gasteiger partial charge in [0.05, 0.1) is 40.7 Å². The number of para-hydroxylation sites is 1. The number of aromatic nitrogens is 1. The van der Waals surface area contributed by atoms with Crippen LogP contribution in [0.4, 0.5) is 26.3 Å². The third-order valence-electron chi connectivity index (χ3n) is 11.7. The van der Waals surface area contributed by atoms with Crippen molar-refractivity contribution >= 4 is 29.1 Å². The van der Waals surface area contributed by atoms with Gasteiger partial charge in [0.1, 0.15) is 16.4 Å². The molecule has 17 heteroatoms. The molecule has 0 bridgehead atoms. The molecule has 10 nitrogen and oxygen atoms in total. The van der Waals surface area contributed by atoms with Crippen LogP contribution in [0.3, 0.4) is 0 Å². The Labute approximate surface area is 329 Å². The second-order valence-corrected chi connectivity index (χ2v) is 15.9. The van der Waals surface area contributed by atoms with Gasteiger partial charge in [-0.15, -0.1) is 11.3 Å². The van der Waals surface area contributed by atoms with Gasteiger partial charge in [0.2, 0.25) is 5.60 Å². The molecule has 1 aliphatic carbocycles. The number of amides is 2. The van der Waals surface area contributed by atoms with E-state index in [0.717, 1.165) is 35.2 Å². The summed E-state index contributed by atoms with van der Waals surface area (Å²) in [7, 11) is 0. The molecular formula is C40H42F6N4O6S. The first-order chi connectivity index (χ1) is 27.0. The molecule has 2 aliphatic heterocycles. The van der Waals surface area contributed by atoms with Gasteiger partial charge in [0.15, 0.2) is 0 Å². The number of rotatable bonds is 12. The molecule has 57 heavy (non-hydrogen) atoms. The third-order valence-corrected chi connectivity index (χ3v) is 12.6. The van der Waals surface area contributed by atoms with Crippen molar-refractivity contribution < 1.29 is 55.3 Å². The summed E-state index contributed by atoms with van der Waals surface area (Å²) < 4.78 is 95.9. The van der Waals surface area contributed by atoms with Gasteiger partial charge in [-0.3, -0.25) is 19.4 Å². The molecule has 0 radical (unpaired) electrons. The predicted molar refractivity (Wildman–Crippen MR) is 194 cm³/mol. The van der Waals surface area contributed by atoms with E-state index < -0.39 is 68.6 Å². The fraction of sp³-hybridized carbons (Fsp3) is 0.525. The first kappa shape index (κ1) is 41.8. The van der Waals surface area contributed by atoms with Crippen molar-refractivity contribution in [3.8, 4) is 17.6 Å². The van der Waals surface area contributed by atoms with Crippen molar-refractivity contribution in [1.29, 1.82) is 5.26 Å². The van der Waals surface area contributed by atoms with Crippen LogP contribution in [0, 0.1) is 16.7 Å². The van der Waals surface area contributed by atoms with Gasteiger partial charge in [-0.1, -0.05) is 38.0 Å². The number of carbonyl (C=O) groups is 3. The molecule has 3 aromatic rings. The Hall–Kier alpha value is -4.85. The highest BCUT2D eigenvalue weighted by molar-refractivity contribution is 7.10. The Morgan fingerprint density at radius 1 is 1.00 bits per heavy atom. The van der Waals surface area contributed by atoms with Crippen LogP contribution in [0.25, 0.3) is 0 Å². The third kappa shape index (κ3) is 8.15. The number of hydrogen-bond donors (Lipinski definition) is 1. The van der Waals surface area contributed by atoms with Gasteiger partial charge < -0.3 is 24.4 Å². The molecule has 6 rings (SSSR count). The summed E-state index contributed by atoms with van der Waals surface area (Å²) >= 11 is 0.363. The summed E-state index contributed by atoms with van der Waals surface area (Å²) in [5.41, 5.74) is -5.35. The van der Waals surface area contributed by atoms with Crippen LogP contribution < -0.4 is 9.47 Å². The van der Waals surface area contributed by atoms with Crippen LogP contribution >= 0.6 is 11.3 Å². The number of carboxylic acid groups (broad SMARTS) is 1. The van der Waals surface area contributed by atoms with E-state index in [2.05, 4.69) is 11.1 Å². The Kier molecular flexibility index (Phi) is 11.9. The highest BCUT2D eigenvalue weighted by atomic mass is 32.1. The molecule has 0 spiro atoms. The molecular weight excluding hydrogens is 779 g/mol. The number of benzene rings is 1. The van der Waals surface area contributed by atoms with Gasteiger partial charge in [-0.05, 0) is 57.1 Å². The summed E-state index contributed by atoms with van der Waals surface area (Å²) in [6.45, 7) is 1.82. The summed E-state index contributed by atoms with van der Waals surface area (Å²) in [6, 6.07) is 9.62. The quantitative estimate of drug-likeness (QED) is 0.180. The molecule has 1 aromatic carbocycles. The summed E-state index contributed by atoms with van der Waals surface area (Å²) in [5.74, 6) is -2.42. The smallest absolute Gasteiger partial charge is 0.425 e. The van der Waals surface area contributed by atoms with E-state index in [-0.39, 0.29) is 64.1 Å². The van der Waals surface area contributed by atoms with E-state index in [9.17, 15) is 46.3 Å². The average molecular weight is 821 g/mol. The van der Waals surface area contributed by atoms with Gasteiger partial charge >= 0.3 is 18.3 Å². The number of piperidine rings is 2. The van der Waals surface area contributed by atoms with Crippen LogP contribution in [0.5, 0.6) is 11.5 Å². The molecule has 2 saturated heterocycles. The summed E-state index contributed by atoms with van der Waals surface area (Å²) in [5, 5.41) is 21.5. The monoisotopic (exact) mass is 820 g/mol. The Bertz CT molecular complexity index is 2000. The standard InChI is InChI=1S/C40H42F6N4O6S/c1-2-7-31-38(56-26-22-32(57-24-26)40(44,45)46,13-6-18-50(31)33(51)27-23-48-17-10-28(27)39(41,42)43)34(52)49-19-14-37(25-47,15-20-49)29-8-3-4-9-30(29)55-21-16-36(35(53)54)11-5-12-36/h3-4,8-10,17,22-24,31H,2,5-7,11-16,18-21H2,1H3,(H,53,54). The highest BCUT2D eigenvalue weighted by Gasteiger charge is 2.57. The number of carbonyl (C=O) groups excluding carboxylic acids is 2. The maximum atomic E-state index is 15.0. The zero-order chi connectivity index (χ0) is 41.2. The summed E-state index contributed by atoms with van der Waals surface area (Å²) in [6.07, 6.45) is -4.98. The molecule has 2 unspecified atom stereocenters. The van der Waals surface area contributed by atoms with E-state index in [4.69, 9.17) is 9.47 Å². The lowest BCUT2D eigenvalue weighted by Crippen LogP contribution is -2.68. The van der Waals surface area contributed by atoms with E-state index in [1.807, 2.05) is 0 Å². The molecule has 306 valence electrons. The Morgan fingerprint density at radius 3 is 2.32 bits per heavy atom. The zero-order valence-electron chi connectivity index (χ0n) is 31.1. The lowest BCUT2D eigenvalue weighted by Gasteiger charge is -2.51. The lowest BCUT2D eigenvalue weighted by molar-refractivity contribution is -0.160. The molecule has 2 aromatic heterocycles. The number of nitrogens with zero attached hydrogens (tertiary/aromatic N) is 4. The summed E-state index contributed by atoms with van der Waals surface area (Å²) in [4.78, 5) is 46.4. The number of aliphatic carboxylic acids is 1. The number of nitriles is 1. The number of carboxylic acids is 1. The van der Waals surface area contributed by atoms with Gasteiger partial charge in [-0.2, -0.15) is 31.6 Å². The molecule has 2 amide bonds. The molecule has 3 aliphatic rings. The fourth-order valence-corrected chi connectivity index (χ4v) is 9.10.